The quantitative estimate of drug-likeness (QED) is 0.403. The van der Waals surface area contributed by atoms with Crippen LogP contribution in [0.1, 0.15) is 75.2 Å². The first-order chi connectivity index (χ1) is 19.9. The average molecular weight is 563 g/mol. The molecule has 0 unspecified atom stereocenters. The van der Waals surface area contributed by atoms with E-state index in [1.165, 1.54) is 19.3 Å². The van der Waals surface area contributed by atoms with Crippen molar-refractivity contribution in [1.29, 1.82) is 0 Å². The zero-order chi connectivity index (χ0) is 28.8. The normalized spacial score (nSPS) is 20.3. The molecule has 2 fully saturated rings. The lowest BCUT2D eigenvalue weighted by molar-refractivity contribution is -0.126. The Morgan fingerprint density at radius 3 is 2.63 bits per heavy atom. The number of piperidine rings is 1. The van der Waals surface area contributed by atoms with E-state index in [2.05, 4.69) is 29.7 Å². The largest absolute Gasteiger partial charge is 0.497 e. The molecule has 3 heterocycles. The number of ether oxygens (including phenoxy) is 2. The second kappa shape index (κ2) is 13.3. The van der Waals surface area contributed by atoms with Crippen molar-refractivity contribution in [3.63, 3.8) is 0 Å². The molecular weight excluding hydrogens is 520 g/mol. The number of fused-ring (bicyclic) bond motifs is 1. The third-order valence-electron chi connectivity index (χ3n) is 8.09. The highest BCUT2D eigenvalue weighted by Gasteiger charge is 2.29. The summed E-state index contributed by atoms with van der Waals surface area (Å²) >= 11 is 0. The first-order valence-electron chi connectivity index (χ1n) is 14.9. The number of nitrogens with zero attached hydrogens (tertiary/aromatic N) is 4. The summed E-state index contributed by atoms with van der Waals surface area (Å²) in [6.07, 6.45) is 8.70. The fourth-order valence-corrected chi connectivity index (χ4v) is 5.92. The monoisotopic (exact) mass is 562 g/mol. The number of aromatic nitrogens is 3. The molecule has 0 bridgehead atoms. The van der Waals surface area contributed by atoms with Gasteiger partial charge in [0.2, 0.25) is 17.4 Å². The molecule has 220 valence electrons. The first kappa shape index (κ1) is 28.9. The molecule has 10 heteroatoms. The molecule has 1 aliphatic heterocycles. The number of carbonyl (C=O) groups is 2. The minimum Gasteiger partial charge on any atom is -0.497 e. The van der Waals surface area contributed by atoms with Crippen LogP contribution in [0.4, 0.5) is 0 Å². The second-order valence-corrected chi connectivity index (χ2v) is 11.4. The molecule has 0 atom stereocenters. The van der Waals surface area contributed by atoms with Gasteiger partial charge >= 0.3 is 0 Å². The maximum absolute atomic E-state index is 13.2. The molecular formula is C31H42N6O4. The lowest BCUT2D eigenvalue weighted by Crippen LogP contribution is -2.38. The van der Waals surface area contributed by atoms with Gasteiger partial charge in [-0.25, -0.2) is 4.98 Å². The Bertz CT molecular complexity index is 1410. The van der Waals surface area contributed by atoms with Crippen molar-refractivity contribution in [2.75, 3.05) is 33.4 Å². The summed E-state index contributed by atoms with van der Waals surface area (Å²) in [6.45, 7) is 7.67. The van der Waals surface area contributed by atoms with Gasteiger partial charge in [0.25, 0.3) is 5.91 Å². The maximum atomic E-state index is 13.2. The van der Waals surface area contributed by atoms with Crippen molar-refractivity contribution in [3.05, 3.63) is 47.7 Å². The highest BCUT2D eigenvalue weighted by atomic mass is 16.5. The Hall–Kier alpha value is -3.66. The molecule has 2 aliphatic rings. The summed E-state index contributed by atoms with van der Waals surface area (Å²) in [6, 6.07) is 9.13. The van der Waals surface area contributed by atoms with Crippen LogP contribution in [0.25, 0.3) is 11.0 Å². The highest BCUT2D eigenvalue weighted by Crippen LogP contribution is 2.34. The van der Waals surface area contributed by atoms with Gasteiger partial charge in [-0.1, -0.05) is 12.5 Å². The summed E-state index contributed by atoms with van der Waals surface area (Å²) in [5.74, 6) is 0.907. The van der Waals surface area contributed by atoms with E-state index in [1.54, 1.807) is 37.6 Å². The van der Waals surface area contributed by atoms with Crippen LogP contribution in [0.5, 0.6) is 11.6 Å². The molecule has 3 aromatic rings. The van der Waals surface area contributed by atoms with Gasteiger partial charge in [0.1, 0.15) is 12.4 Å². The summed E-state index contributed by atoms with van der Waals surface area (Å²) < 4.78 is 13.5. The number of methoxy groups -OCH3 is 1. The van der Waals surface area contributed by atoms with Gasteiger partial charge in [0.05, 0.1) is 24.3 Å². The van der Waals surface area contributed by atoms with E-state index in [0.717, 1.165) is 56.4 Å². The number of imidazole rings is 1. The third-order valence-corrected chi connectivity index (χ3v) is 8.09. The van der Waals surface area contributed by atoms with Gasteiger partial charge in [-0.3, -0.25) is 14.5 Å². The van der Waals surface area contributed by atoms with Gasteiger partial charge in [0, 0.05) is 36.2 Å². The Balaban J connectivity index is 1.42. The van der Waals surface area contributed by atoms with E-state index >= 15 is 0 Å². The topological polar surface area (TPSA) is 114 Å². The van der Waals surface area contributed by atoms with E-state index in [1.807, 2.05) is 19.9 Å². The van der Waals surface area contributed by atoms with Gasteiger partial charge < -0.3 is 24.3 Å². The van der Waals surface area contributed by atoms with E-state index < -0.39 is 0 Å². The van der Waals surface area contributed by atoms with Crippen molar-refractivity contribution < 1.29 is 19.1 Å². The Morgan fingerprint density at radius 2 is 1.90 bits per heavy atom. The van der Waals surface area contributed by atoms with Crippen molar-refractivity contribution in [1.82, 2.24) is 24.8 Å². The fourth-order valence-electron chi connectivity index (χ4n) is 5.92. The number of amides is 2. The maximum Gasteiger partial charge on any atom is 0.280 e. The van der Waals surface area contributed by atoms with Crippen LogP contribution >= 0.6 is 0 Å². The summed E-state index contributed by atoms with van der Waals surface area (Å²) in [7, 11) is 1.57. The van der Waals surface area contributed by atoms with Crippen LogP contribution in [0, 0.1) is 5.92 Å². The van der Waals surface area contributed by atoms with Crippen LogP contribution in [0.3, 0.4) is 0 Å². The lowest BCUT2D eigenvalue weighted by atomic mass is 9.85. The number of rotatable bonds is 9. The molecule has 1 aromatic carbocycles. The lowest BCUT2D eigenvalue weighted by Gasteiger charge is -2.29. The molecule has 0 radical (unpaired) electrons. The number of benzene rings is 1. The zero-order valence-corrected chi connectivity index (χ0v) is 24.4. The van der Waals surface area contributed by atoms with E-state index in [9.17, 15) is 9.59 Å². The van der Waals surface area contributed by atoms with Gasteiger partial charge in [-0.05, 0) is 83.7 Å². The summed E-state index contributed by atoms with van der Waals surface area (Å²) in [5.41, 5.74) is 2.59. The summed E-state index contributed by atoms with van der Waals surface area (Å²) in [5, 5.41) is 3.05. The molecule has 2 N–H and O–H groups in total. The van der Waals surface area contributed by atoms with Crippen LogP contribution in [-0.2, 0) is 4.79 Å². The van der Waals surface area contributed by atoms with Gasteiger partial charge in [-0.15, -0.1) is 0 Å². The van der Waals surface area contributed by atoms with Crippen LogP contribution < -0.4 is 20.4 Å². The summed E-state index contributed by atoms with van der Waals surface area (Å²) in [4.78, 5) is 40.7. The Morgan fingerprint density at radius 1 is 1.12 bits per heavy atom. The Labute approximate surface area is 241 Å². The number of hydrogen-bond acceptors (Lipinski definition) is 6. The van der Waals surface area contributed by atoms with Crippen molar-refractivity contribution in [3.8, 4) is 11.6 Å². The zero-order valence-electron chi connectivity index (χ0n) is 24.4. The van der Waals surface area contributed by atoms with Crippen LogP contribution in [0.2, 0.25) is 0 Å². The van der Waals surface area contributed by atoms with E-state index in [4.69, 9.17) is 9.47 Å². The fraction of sp³-hybridized carbons (Fsp3) is 0.548. The van der Waals surface area contributed by atoms with Crippen molar-refractivity contribution in [2.45, 2.75) is 70.9 Å². The minimum atomic E-state index is -0.361. The molecule has 0 spiro atoms. The number of aromatic amines is 1. The number of nitrogens with one attached hydrogen (secondary N) is 2. The molecule has 41 heavy (non-hydrogen) atoms. The molecule has 10 nitrogen and oxygen atoms in total. The van der Waals surface area contributed by atoms with Crippen molar-refractivity contribution >= 4 is 22.8 Å². The molecule has 1 aliphatic carbocycles. The van der Waals surface area contributed by atoms with E-state index in [-0.39, 0.29) is 29.8 Å². The van der Waals surface area contributed by atoms with Crippen LogP contribution in [-0.4, -0.2) is 70.6 Å². The number of hydrogen-bond donors (Lipinski definition) is 2. The predicted molar refractivity (Wildman–Crippen MR) is 157 cm³/mol. The third kappa shape index (κ3) is 7.16. The minimum absolute atomic E-state index is 0.00592. The van der Waals surface area contributed by atoms with Gasteiger partial charge in [-0.2, -0.15) is 4.99 Å². The molecule has 2 aromatic heterocycles. The van der Waals surface area contributed by atoms with Crippen molar-refractivity contribution in [2.24, 2.45) is 10.9 Å². The van der Waals surface area contributed by atoms with Gasteiger partial charge in [0.15, 0.2) is 0 Å². The second-order valence-electron chi connectivity index (χ2n) is 11.4. The number of likely N-dealkylation sites (tertiary alicyclic amines) is 1. The predicted octanol–water partition coefficient (Wildman–Crippen LogP) is 4.23. The SMILES string of the molecule is COc1cccc(C(=O)/N=c2\[nH]c3cnc(OCCN4CCCCC4)cc3n2[C@H]2CC[C@@H](C(=O)NC(C)C)CC2)c1. The van der Waals surface area contributed by atoms with Crippen LogP contribution in [0.15, 0.2) is 41.5 Å². The number of carbonyl (C=O) groups excluding carboxylic acids is 2. The highest BCUT2D eigenvalue weighted by molar-refractivity contribution is 5.95. The smallest absolute Gasteiger partial charge is 0.280 e. The molecule has 5 rings (SSSR count). The number of H-pyrrole nitrogens is 1. The number of pyridine rings is 1. The first-order valence-corrected chi connectivity index (χ1v) is 14.9. The van der Waals surface area contributed by atoms with E-state index in [0.29, 0.717) is 29.4 Å². The molecule has 1 saturated heterocycles. The molecule has 1 saturated carbocycles. The molecule has 2 amide bonds. The Kier molecular flexibility index (Phi) is 9.38. The standard InChI is InChI=1S/C31H42N6O4/c1-21(2)33-29(38)22-10-12-24(13-11-22)37-27-19-28(41-17-16-36-14-5-4-6-15-36)32-20-26(27)34-31(37)35-30(39)23-8-7-9-25(18-23)40-3/h7-9,18-22,24H,4-6,10-17H2,1-3H3,(H,33,38)(H,34,35,39)/t22-,24+. The average Bonchev–Trinajstić information content (AvgIpc) is 3.34.